The minimum atomic E-state index is -0.156. The molecule has 21 heavy (non-hydrogen) atoms. The van der Waals surface area contributed by atoms with Gasteiger partial charge in [0.05, 0.1) is 6.10 Å². The number of aliphatic hydroxyl groups is 1. The van der Waals surface area contributed by atoms with Gasteiger partial charge in [-0.25, -0.2) is 4.39 Å². The Balaban J connectivity index is 1.52. The fraction of sp³-hybridized carbons (Fsp3) is 0.647. The summed E-state index contributed by atoms with van der Waals surface area (Å²) < 4.78 is 13.7. The smallest absolute Gasteiger partial charge is 0.127 e. The molecule has 0 aromatic heterocycles. The van der Waals surface area contributed by atoms with Crippen LogP contribution in [0.15, 0.2) is 24.3 Å². The molecule has 0 radical (unpaired) electrons. The lowest BCUT2D eigenvalue weighted by Crippen LogP contribution is -2.54. The van der Waals surface area contributed by atoms with Gasteiger partial charge in [-0.2, -0.15) is 0 Å². The van der Waals surface area contributed by atoms with Crippen molar-refractivity contribution in [1.29, 1.82) is 0 Å². The molecule has 1 saturated carbocycles. The quantitative estimate of drug-likeness (QED) is 0.925. The minimum Gasteiger partial charge on any atom is -0.391 e. The number of halogens is 1. The van der Waals surface area contributed by atoms with Crippen LogP contribution < -0.4 is 0 Å². The number of piperazine rings is 1. The highest BCUT2D eigenvalue weighted by Gasteiger charge is 2.30. The molecule has 1 aliphatic carbocycles. The summed E-state index contributed by atoms with van der Waals surface area (Å²) >= 11 is 0. The Hall–Kier alpha value is -0.970. The van der Waals surface area contributed by atoms with Crippen molar-refractivity contribution in [2.24, 2.45) is 0 Å². The number of aliphatic hydroxyl groups excluding tert-OH is 1. The van der Waals surface area contributed by atoms with E-state index in [9.17, 15) is 9.50 Å². The van der Waals surface area contributed by atoms with Gasteiger partial charge in [0.2, 0.25) is 0 Å². The Morgan fingerprint density at radius 1 is 1.05 bits per heavy atom. The Bertz CT molecular complexity index is 460. The normalized spacial score (nSPS) is 28.7. The summed E-state index contributed by atoms with van der Waals surface area (Å²) in [7, 11) is 0. The van der Waals surface area contributed by atoms with Crippen LogP contribution in [0.25, 0.3) is 0 Å². The summed E-state index contributed by atoms with van der Waals surface area (Å²) in [5.41, 5.74) is 0.781. The van der Waals surface area contributed by atoms with Crippen molar-refractivity contribution in [2.45, 2.75) is 44.4 Å². The van der Waals surface area contributed by atoms with E-state index in [-0.39, 0.29) is 11.9 Å². The van der Waals surface area contributed by atoms with E-state index in [0.29, 0.717) is 12.6 Å². The first kappa shape index (κ1) is 14.9. The second kappa shape index (κ2) is 6.86. The molecule has 0 spiro atoms. The standard InChI is InChI=1S/C17H25FN2O/c18-15-6-2-1-5-14(15)13-19-9-11-20(12-10-19)16-7-3-4-8-17(16)21/h1-2,5-6,16-17,21H,3-4,7-13H2/t16-,17+/m0/s1. The van der Waals surface area contributed by atoms with Crippen molar-refractivity contribution >= 4 is 0 Å². The van der Waals surface area contributed by atoms with Crippen LogP contribution in [0.3, 0.4) is 0 Å². The van der Waals surface area contributed by atoms with Gasteiger partial charge in [-0.15, -0.1) is 0 Å². The third-order valence-corrected chi connectivity index (χ3v) is 4.92. The summed E-state index contributed by atoms with van der Waals surface area (Å²) in [6.45, 7) is 4.56. The van der Waals surface area contributed by atoms with Gasteiger partial charge in [0.15, 0.2) is 0 Å². The van der Waals surface area contributed by atoms with Gasteiger partial charge >= 0.3 is 0 Å². The van der Waals surface area contributed by atoms with Gasteiger partial charge in [-0.3, -0.25) is 9.80 Å². The second-order valence-corrected chi connectivity index (χ2v) is 6.32. The molecule has 1 heterocycles. The van der Waals surface area contributed by atoms with Crippen molar-refractivity contribution in [1.82, 2.24) is 9.80 Å². The zero-order chi connectivity index (χ0) is 14.7. The SMILES string of the molecule is O[C@@H]1CCCC[C@@H]1N1CCN(Cc2ccccc2F)CC1. The Morgan fingerprint density at radius 3 is 2.48 bits per heavy atom. The Labute approximate surface area is 126 Å². The van der Waals surface area contributed by atoms with Gasteiger partial charge < -0.3 is 5.11 Å². The van der Waals surface area contributed by atoms with E-state index >= 15 is 0 Å². The van der Waals surface area contributed by atoms with Crippen LogP contribution in [0.4, 0.5) is 4.39 Å². The summed E-state index contributed by atoms with van der Waals surface area (Å²) in [6, 6.07) is 7.37. The number of hydrogen-bond acceptors (Lipinski definition) is 3. The van der Waals surface area contributed by atoms with E-state index in [0.717, 1.165) is 51.0 Å². The van der Waals surface area contributed by atoms with Gasteiger partial charge in [-0.1, -0.05) is 31.0 Å². The van der Waals surface area contributed by atoms with Crippen LogP contribution in [0.2, 0.25) is 0 Å². The van der Waals surface area contributed by atoms with Crippen LogP contribution in [0, 0.1) is 5.82 Å². The van der Waals surface area contributed by atoms with Crippen LogP contribution in [0.5, 0.6) is 0 Å². The maximum Gasteiger partial charge on any atom is 0.127 e. The molecule has 1 saturated heterocycles. The fourth-order valence-corrected chi connectivity index (χ4v) is 3.64. The third-order valence-electron chi connectivity index (χ3n) is 4.92. The molecule has 0 unspecified atom stereocenters. The maximum atomic E-state index is 13.7. The lowest BCUT2D eigenvalue weighted by Gasteiger charge is -2.42. The molecular formula is C17H25FN2O. The zero-order valence-corrected chi connectivity index (χ0v) is 12.5. The molecule has 1 N–H and O–H groups in total. The lowest BCUT2D eigenvalue weighted by molar-refractivity contribution is -0.00484. The molecule has 4 heteroatoms. The first-order valence-electron chi connectivity index (χ1n) is 8.12. The molecule has 1 aromatic rings. The van der Waals surface area contributed by atoms with Crippen molar-refractivity contribution in [3.8, 4) is 0 Å². The highest BCUT2D eigenvalue weighted by atomic mass is 19.1. The van der Waals surface area contributed by atoms with Crippen LogP contribution in [0.1, 0.15) is 31.2 Å². The molecule has 1 aromatic carbocycles. The predicted octanol–water partition coefficient (Wildman–Crippen LogP) is 2.25. The van der Waals surface area contributed by atoms with Crippen LogP contribution in [-0.4, -0.2) is 53.2 Å². The second-order valence-electron chi connectivity index (χ2n) is 6.32. The highest BCUT2D eigenvalue weighted by molar-refractivity contribution is 5.17. The van der Waals surface area contributed by atoms with Crippen molar-refractivity contribution < 1.29 is 9.50 Å². The number of benzene rings is 1. The third kappa shape index (κ3) is 3.62. The van der Waals surface area contributed by atoms with E-state index in [1.54, 1.807) is 6.07 Å². The first-order chi connectivity index (χ1) is 10.2. The molecule has 3 nitrogen and oxygen atoms in total. The molecule has 3 rings (SSSR count). The van der Waals surface area contributed by atoms with E-state index in [1.807, 2.05) is 12.1 Å². The molecule has 1 aliphatic heterocycles. The first-order valence-corrected chi connectivity index (χ1v) is 8.12. The van der Waals surface area contributed by atoms with Gasteiger partial charge in [-0.05, 0) is 18.9 Å². The highest BCUT2D eigenvalue weighted by Crippen LogP contribution is 2.24. The van der Waals surface area contributed by atoms with Gasteiger partial charge in [0.25, 0.3) is 0 Å². The van der Waals surface area contributed by atoms with E-state index in [4.69, 9.17) is 0 Å². The number of rotatable bonds is 3. The minimum absolute atomic E-state index is 0.109. The topological polar surface area (TPSA) is 26.7 Å². The fourth-order valence-electron chi connectivity index (χ4n) is 3.64. The monoisotopic (exact) mass is 292 g/mol. The molecular weight excluding hydrogens is 267 g/mol. The van der Waals surface area contributed by atoms with E-state index in [2.05, 4.69) is 9.80 Å². The molecule has 2 atom stereocenters. The van der Waals surface area contributed by atoms with Crippen molar-refractivity contribution in [3.63, 3.8) is 0 Å². The van der Waals surface area contributed by atoms with Crippen molar-refractivity contribution in [3.05, 3.63) is 35.6 Å². The zero-order valence-electron chi connectivity index (χ0n) is 12.5. The summed E-state index contributed by atoms with van der Waals surface area (Å²) in [4.78, 5) is 4.74. The number of hydrogen-bond donors (Lipinski definition) is 1. The molecule has 2 aliphatic rings. The van der Waals surface area contributed by atoms with Crippen LogP contribution >= 0.6 is 0 Å². The summed E-state index contributed by atoms with van der Waals surface area (Å²) in [6.07, 6.45) is 4.30. The Morgan fingerprint density at radius 2 is 1.76 bits per heavy atom. The average molecular weight is 292 g/mol. The summed E-state index contributed by atoms with van der Waals surface area (Å²) in [5.74, 6) is -0.109. The van der Waals surface area contributed by atoms with Gasteiger partial charge in [0.1, 0.15) is 5.82 Å². The van der Waals surface area contributed by atoms with Crippen molar-refractivity contribution in [2.75, 3.05) is 26.2 Å². The Kier molecular flexibility index (Phi) is 4.88. The molecule has 116 valence electrons. The average Bonchev–Trinajstić information content (AvgIpc) is 2.51. The van der Waals surface area contributed by atoms with Crippen LogP contribution in [-0.2, 0) is 6.54 Å². The predicted molar refractivity (Wildman–Crippen MR) is 81.5 cm³/mol. The molecule has 0 bridgehead atoms. The number of nitrogens with zero attached hydrogens (tertiary/aromatic N) is 2. The summed E-state index contributed by atoms with van der Waals surface area (Å²) in [5, 5.41) is 10.2. The lowest BCUT2D eigenvalue weighted by atomic mass is 9.91. The van der Waals surface area contributed by atoms with E-state index < -0.39 is 0 Å². The largest absolute Gasteiger partial charge is 0.391 e. The van der Waals surface area contributed by atoms with E-state index in [1.165, 1.54) is 12.5 Å². The van der Waals surface area contributed by atoms with Gasteiger partial charge in [0, 0.05) is 44.3 Å². The molecule has 2 fully saturated rings. The molecule has 0 amide bonds. The maximum absolute atomic E-state index is 13.7.